The highest BCUT2D eigenvalue weighted by Crippen LogP contribution is 2.18. The summed E-state index contributed by atoms with van der Waals surface area (Å²) in [6.07, 6.45) is 10.1. The van der Waals surface area contributed by atoms with Gasteiger partial charge in [-0.3, -0.25) is 0 Å². The second-order valence-corrected chi connectivity index (χ2v) is 4.83. The predicted octanol–water partition coefficient (Wildman–Crippen LogP) is 4.46. The summed E-state index contributed by atoms with van der Waals surface area (Å²) in [6.45, 7) is 4.70. The van der Waals surface area contributed by atoms with Crippen LogP contribution >= 0.6 is 22.6 Å². The summed E-state index contributed by atoms with van der Waals surface area (Å²) in [5, 5.41) is 8.54. The van der Waals surface area contributed by atoms with Crippen LogP contribution in [0, 0.1) is 5.92 Å². The van der Waals surface area contributed by atoms with Gasteiger partial charge in [-0.2, -0.15) is 0 Å². The van der Waals surface area contributed by atoms with Gasteiger partial charge in [0.25, 0.3) is 0 Å². The number of halogens is 1. The van der Waals surface area contributed by atoms with E-state index >= 15 is 0 Å². The fraction of sp³-hybridized carbons (Fsp3) is 0.692. The van der Waals surface area contributed by atoms with Crippen LogP contribution in [0.3, 0.4) is 0 Å². The third kappa shape index (κ3) is 10.5. The number of aliphatic hydroxyl groups is 1. The van der Waals surface area contributed by atoms with Crippen LogP contribution in [-0.4, -0.2) is 11.7 Å². The number of aliphatic hydroxyl groups excluding tert-OH is 1. The molecule has 0 aromatic heterocycles. The molecule has 0 aliphatic heterocycles. The molecule has 0 spiro atoms. The Morgan fingerprint density at radius 2 is 2.07 bits per heavy atom. The molecule has 0 aromatic rings. The maximum atomic E-state index is 8.54. The second kappa shape index (κ2) is 10.7. The van der Waals surface area contributed by atoms with Gasteiger partial charge in [0.15, 0.2) is 0 Å². The zero-order valence-corrected chi connectivity index (χ0v) is 12.0. The van der Waals surface area contributed by atoms with Crippen molar-refractivity contribution < 1.29 is 5.11 Å². The van der Waals surface area contributed by atoms with Crippen molar-refractivity contribution in [3.8, 4) is 0 Å². The van der Waals surface area contributed by atoms with Gasteiger partial charge in [0, 0.05) is 0 Å². The Morgan fingerprint density at radius 1 is 1.33 bits per heavy atom. The summed E-state index contributed by atoms with van der Waals surface area (Å²) >= 11 is 2.31. The highest BCUT2D eigenvalue weighted by Gasteiger charge is 2.02. The lowest BCUT2D eigenvalue weighted by Crippen LogP contribution is -1.95. The van der Waals surface area contributed by atoms with Gasteiger partial charge in [-0.05, 0) is 36.2 Å². The largest absolute Gasteiger partial charge is 0.392 e. The van der Waals surface area contributed by atoms with E-state index in [-0.39, 0.29) is 6.61 Å². The first kappa shape index (κ1) is 15.2. The minimum absolute atomic E-state index is 0.177. The lowest BCUT2D eigenvalue weighted by Gasteiger charge is -2.10. The fourth-order valence-electron chi connectivity index (χ4n) is 1.64. The van der Waals surface area contributed by atoms with Gasteiger partial charge in [-0.1, -0.05) is 60.1 Å². The zero-order chi connectivity index (χ0) is 11.5. The summed E-state index contributed by atoms with van der Waals surface area (Å²) in [5.74, 6) is 0.804. The molecule has 0 rings (SSSR count). The standard InChI is InChI=1S/C13H23IO/c1-12(10-13(2)11-14)8-6-4-3-5-7-9-15/h5,7,11-12,15H,3-4,6,8-10H2,1-2H3/b7-5-,13-11+/t12-/m1/s1. The summed E-state index contributed by atoms with van der Waals surface area (Å²) < 4.78 is 2.18. The van der Waals surface area contributed by atoms with E-state index in [1.54, 1.807) is 0 Å². The molecule has 2 heteroatoms. The van der Waals surface area contributed by atoms with Gasteiger partial charge in [0.1, 0.15) is 0 Å². The van der Waals surface area contributed by atoms with Crippen molar-refractivity contribution in [2.75, 3.05) is 6.61 Å². The van der Waals surface area contributed by atoms with Gasteiger partial charge in [0.2, 0.25) is 0 Å². The average Bonchev–Trinajstić information content (AvgIpc) is 2.23. The molecule has 0 bridgehead atoms. The summed E-state index contributed by atoms with van der Waals surface area (Å²) in [7, 11) is 0. The van der Waals surface area contributed by atoms with Gasteiger partial charge in [0.05, 0.1) is 6.61 Å². The van der Waals surface area contributed by atoms with Crippen molar-refractivity contribution >= 4 is 22.6 Å². The van der Waals surface area contributed by atoms with Crippen LogP contribution in [0.4, 0.5) is 0 Å². The van der Waals surface area contributed by atoms with Crippen LogP contribution in [0.5, 0.6) is 0 Å². The molecule has 1 atom stereocenters. The van der Waals surface area contributed by atoms with Gasteiger partial charge >= 0.3 is 0 Å². The van der Waals surface area contributed by atoms with Crippen molar-refractivity contribution in [2.45, 2.75) is 46.0 Å². The lowest BCUT2D eigenvalue weighted by atomic mass is 9.97. The van der Waals surface area contributed by atoms with E-state index in [1.165, 1.54) is 31.3 Å². The third-order valence-electron chi connectivity index (χ3n) is 2.45. The van der Waals surface area contributed by atoms with Gasteiger partial charge < -0.3 is 5.11 Å². The fourth-order valence-corrected chi connectivity index (χ4v) is 1.90. The number of unbranched alkanes of at least 4 members (excludes halogenated alkanes) is 2. The molecule has 0 amide bonds. The molecule has 1 N–H and O–H groups in total. The molecule has 15 heavy (non-hydrogen) atoms. The first-order chi connectivity index (χ1) is 7.20. The van der Waals surface area contributed by atoms with Crippen molar-refractivity contribution in [3.63, 3.8) is 0 Å². The summed E-state index contributed by atoms with van der Waals surface area (Å²) in [5.41, 5.74) is 1.49. The molecule has 0 saturated carbocycles. The van der Waals surface area contributed by atoms with E-state index in [4.69, 9.17) is 5.11 Å². The number of hydrogen-bond acceptors (Lipinski definition) is 1. The first-order valence-electron chi connectivity index (χ1n) is 5.72. The molecule has 0 aromatic carbocycles. The van der Waals surface area contributed by atoms with E-state index in [2.05, 4.69) is 46.6 Å². The van der Waals surface area contributed by atoms with Crippen LogP contribution < -0.4 is 0 Å². The van der Waals surface area contributed by atoms with E-state index in [0.717, 1.165) is 12.3 Å². The normalized spacial score (nSPS) is 14.8. The Balaban J connectivity index is 3.39. The molecule has 1 nitrogen and oxygen atoms in total. The molecule has 0 heterocycles. The smallest absolute Gasteiger partial charge is 0.0612 e. The molecule has 0 unspecified atom stereocenters. The van der Waals surface area contributed by atoms with Crippen molar-refractivity contribution in [3.05, 3.63) is 21.8 Å². The van der Waals surface area contributed by atoms with E-state index < -0.39 is 0 Å². The van der Waals surface area contributed by atoms with Crippen LogP contribution in [0.2, 0.25) is 0 Å². The third-order valence-corrected chi connectivity index (χ3v) is 3.51. The Bertz CT molecular complexity index is 197. The summed E-state index contributed by atoms with van der Waals surface area (Å²) in [6, 6.07) is 0. The zero-order valence-electron chi connectivity index (χ0n) is 9.88. The van der Waals surface area contributed by atoms with Gasteiger partial charge in [-0.25, -0.2) is 0 Å². The Kier molecular flexibility index (Phi) is 10.8. The Morgan fingerprint density at radius 3 is 2.67 bits per heavy atom. The lowest BCUT2D eigenvalue weighted by molar-refractivity contribution is 0.342. The van der Waals surface area contributed by atoms with Gasteiger partial charge in [-0.15, -0.1) is 0 Å². The van der Waals surface area contributed by atoms with Crippen molar-refractivity contribution in [1.29, 1.82) is 0 Å². The first-order valence-corrected chi connectivity index (χ1v) is 6.97. The molecule has 0 fully saturated rings. The van der Waals surface area contributed by atoms with Crippen LogP contribution in [0.1, 0.15) is 46.0 Å². The molecule has 0 aliphatic rings. The minimum Gasteiger partial charge on any atom is -0.392 e. The van der Waals surface area contributed by atoms with E-state index in [9.17, 15) is 0 Å². The molecule has 0 radical (unpaired) electrons. The van der Waals surface area contributed by atoms with Crippen molar-refractivity contribution in [1.82, 2.24) is 0 Å². The SMILES string of the molecule is C/C(=C\I)C[C@H](C)CCCC/C=C\CO. The molecule has 0 saturated heterocycles. The summed E-state index contributed by atoms with van der Waals surface area (Å²) in [4.78, 5) is 0. The number of hydrogen-bond donors (Lipinski definition) is 1. The van der Waals surface area contributed by atoms with Crippen LogP contribution in [0.15, 0.2) is 21.8 Å². The Labute approximate surface area is 108 Å². The maximum Gasteiger partial charge on any atom is 0.0612 e. The highest BCUT2D eigenvalue weighted by atomic mass is 127. The average molecular weight is 322 g/mol. The van der Waals surface area contributed by atoms with E-state index in [1.807, 2.05) is 6.08 Å². The quantitative estimate of drug-likeness (QED) is 0.397. The second-order valence-electron chi connectivity index (χ2n) is 4.20. The molecular weight excluding hydrogens is 299 g/mol. The highest BCUT2D eigenvalue weighted by molar-refractivity contribution is 14.1. The van der Waals surface area contributed by atoms with Crippen LogP contribution in [-0.2, 0) is 0 Å². The monoisotopic (exact) mass is 322 g/mol. The molecular formula is C13H23IO. The predicted molar refractivity (Wildman–Crippen MR) is 76.3 cm³/mol. The van der Waals surface area contributed by atoms with Crippen LogP contribution in [0.25, 0.3) is 0 Å². The molecule has 88 valence electrons. The van der Waals surface area contributed by atoms with Crippen molar-refractivity contribution in [2.24, 2.45) is 5.92 Å². The Hall–Kier alpha value is 0.170. The van der Waals surface area contributed by atoms with E-state index in [0.29, 0.717) is 0 Å². The maximum absolute atomic E-state index is 8.54. The topological polar surface area (TPSA) is 20.2 Å². The minimum atomic E-state index is 0.177. The number of rotatable bonds is 8. The number of allylic oxidation sites excluding steroid dienone is 2. The molecule has 0 aliphatic carbocycles.